The lowest BCUT2D eigenvalue weighted by Crippen LogP contribution is -1.82. The lowest BCUT2D eigenvalue weighted by Gasteiger charge is -1.94. The van der Waals surface area contributed by atoms with Crippen molar-refractivity contribution in [1.82, 2.24) is 4.98 Å². The maximum absolute atomic E-state index is 8.95. The van der Waals surface area contributed by atoms with E-state index in [1.807, 2.05) is 6.07 Å². The van der Waals surface area contributed by atoms with E-state index in [1.165, 1.54) is 12.3 Å². The van der Waals surface area contributed by atoms with Crippen molar-refractivity contribution in [3.8, 4) is 11.8 Å². The van der Waals surface area contributed by atoms with Crippen LogP contribution in [0.5, 0.6) is 5.75 Å². The summed E-state index contributed by atoms with van der Waals surface area (Å²) >= 11 is 0. The molecular formula is C7H6N2O. The molecule has 3 nitrogen and oxygen atoms in total. The van der Waals surface area contributed by atoms with Crippen LogP contribution >= 0.6 is 0 Å². The predicted molar refractivity (Wildman–Crippen MR) is 35.4 cm³/mol. The van der Waals surface area contributed by atoms with Crippen LogP contribution in [0.25, 0.3) is 0 Å². The van der Waals surface area contributed by atoms with Crippen molar-refractivity contribution >= 4 is 0 Å². The Kier molecular flexibility index (Phi) is 1.55. The number of aryl methyl sites for hydroxylation is 1. The van der Waals surface area contributed by atoms with Gasteiger partial charge in [-0.2, -0.15) is 5.26 Å². The molecule has 10 heavy (non-hydrogen) atoms. The number of rotatable bonds is 0. The molecular weight excluding hydrogens is 128 g/mol. The van der Waals surface area contributed by atoms with Crippen LogP contribution in [0.1, 0.15) is 11.3 Å². The number of nitriles is 1. The van der Waals surface area contributed by atoms with Crippen molar-refractivity contribution in [2.24, 2.45) is 0 Å². The third kappa shape index (κ3) is 1.06. The molecule has 0 saturated heterocycles. The van der Waals surface area contributed by atoms with Gasteiger partial charge >= 0.3 is 0 Å². The number of hydrogen-bond donors (Lipinski definition) is 1. The second kappa shape index (κ2) is 2.36. The van der Waals surface area contributed by atoms with Crippen LogP contribution in [0.3, 0.4) is 0 Å². The Hall–Kier alpha value is -1.56. The zero-order valence-electron chi connectivity index (χ0n) is 5.50. The van der Waals surface area contributed by atoms with Crippen LogP contribution < -0.4 is 0 Å². The minimum Gasteiger partial charge on any atom is -0.505 e. The molecule has 50 valence electrons. The molecule has 0 aliphatic rings. The smallest absolute Gasteiger partial charge is 0.151 e. The van der Waals surface area contributed by atoms with Gasteiger partial charge in [0.15, 0.2) is 5.75 Å². The monoisotopic (exact) mass is 134 g/mol. The molecule has 1 aromatic rings. The SMILES string of the molecule is Cc1cc(C#N)c(O)cn1. The van der Waals surface area contributed by atoms with Gasteiger partial charge in [-0.3, -0.25) is 4.98 Å². The topological polar surface area (TPSA) is 56.9 Å². The van der Waals surface area contributed by atoms with Gasteiger partial charge in [-0.25, -0.2) is 0 Å². The summed E-state index contributed by atoms with van der Waals surface area (Å²) in [6, 6.07) is 3.38. The van der Waals surface area contributed by atoms with Crippen LogP contribution in [0.15, 0.2) is 12.3 Å². The molecule has 0 aliphatic carbocycles. The zero-order chi connectivity index (χ0) is 7.56. The number of nitrogens with zero attached hydrogens (tertiary/aromatic N) is 2. The van der Waals surface area contributed by atoms with Crippen LogP contribution in [0, 0.1) is 18.3 Å². The zero-order valence-corrected chi connectivity index (χ0v) is 5.50. The maximum atomic E-state index is 8.95. The standard InChI is InChI=1S/C7H6N2O/c1-5-2-6(3-8)7(10)4-9-5/h2,4,10H,1H3. The van der Waals surface area contributed by atoms with Gasteiger partial charge in [0.1, 0.15) is 6.07 Å². The van der Waals surface area contributed by atoms with E-state index in [4.69, 9.17) is 10.4 Å². The van der Waals surface area contributed by atoms with Crippen molar-refractivity contribution in [2.75, 3.05) is 0 Å². The van der Waals surface area contributed by atoms with Gasteiger partial charge in [0.25, 0.3) is 0 Å². The van der Waals surface area contributed by atoms with Crippen LogP contribution in [0.4, 0.5) is 0 Å². The Morgan fingerprint density at radius 1 is 1.70 bits per heavy atom. The third-order valence-electron chi connectivity index (χ3n) is 1.14. The molecule has 1 heterocycles. The summed E-state index contributed by atoms with van der Waals surface area (Å²) in [5.74, 6) is -0.0619. The lowest BCUT2D eigenvalue weighted by molar-refractivity contribution is 0.470. The highest BCUT2D eigenvalue weighted by atomic mass is 16.3. The first-order valence-corrected chi connectivity index (χ1v) is 2.80. The molecule has 0 fully saturated rings. The summed E-state index contributed by atoms with van der Waals surface area (Å²) in [6.45, 7) is 1.76. The van der Waals surface area contributed by atoms with E-state index in [2.05, 4.69) is 4.98 Å². The third-order valence-corrected chi connectivity index (χ3v) is 1.14. The quantitative estimate of drug-likeness (QED) is 0.575. The average Bonchev–Trinajstić information content (AvgIpc) is 1.94. The first-order chi connectivity index (χ1) is 4.74. The van der Waals surface area contributed by atoms with E-state index in [0.717, 1.165) is 5.69 Å². The first-order valence-electron chi connectivity index (χ1n) is 2.80. The molecule has 1 aromatic heterocycles. The first kappa shape index (κ1) is 6.56. The summed E-state index contributed by atoms with van der Waals surface area (Å²) in [6.07, 6.45) is 1.27. The van der Waals surface area contributed by atoms with Crippen molar-refractivity contribution in [3.05, 3.63) is 23.5 Å². The summed E-state index contributed by atoms with van der Waals surface area (Å²) in [4.78, 5) is 3.79. The summed E-state index contributed by atoms with van der Waals surface area (Å²) in [5.41, 5.74) is 1.00. The van der Waals surface area contributed by atoms with Crippen LogP contribution in [0.2, 0.25) is 0 Å². The summed E-state index contributed by atoms with van der Waals surface area (Å²) in [7, 11) is 0. The molecule has 0 saturated carbocycles. The van der Waals surface area contributed by atoms with Gasteiger partial charge in [-0.1, -0.05) is 0 Å². The van der Waals surface area contributed by atoms with Crippen LogP contribution in [-0.4, -0.2) is 10.1 Å². The maximum Gasteiger partial charge on any atom is 0.151 e. The van der Waals surface area contributed by atoms with Gasteiger partial charge in [-0.05, 0) is 13.0 Å². The van der Waals surface area contributed by atoms with E-state index in [9.17, 15) is 0 Å². The molecule has 1 rings (SSSR count). The molecule has 0 unspecified atom stereocenters. The van der Waals surface area contributed by atoms with Crippen molar-refractivity contribution in [2.45, 2.75) is 6.92 Å². The highest BCUT2D eigenvalue weighted by molar-refractivity contribution is 5.40. The molecule has 3 heteroatoms. The van der Waals surface area contributed by atoms with E-state index in [-0.39, 0.29) is 11.3 Å². The fourth-order valence-electron chi connectivity index (χ4n) is 0.642. The Morgan fingerprint density at radius 3 is 2.90 bits per heavy atom. The highest BCUT2D eigenvalue weighted by Crippen LogP contribution is 2.13. The second-order valence-electron chi connectivity index (χ2n) is 1.95. The Balaban J connectivity index is 3.25. The number of aromatic hydroxyl groups is 1. The molecule has 0 spiro atoms. The molecule has 0 aliphatic heterocycles. The molecule has 0 aromatic carbocycles. The normalized spacial score (nSPS) is 8.80. The molecule has 0 atom stereocenters. The van der Waals surface area contributed by atoms with Gasteiger partial charge in [0.2, 0.25) is 0 Å². The average molecular weight is 134 g/mol. The van der Waals surface area contributed by atoms with Crippen molar-refractivity contribution in [1.29, 1.82) is 5.26 Å². The molecule has 0 bridgehead atoms. The van der Waals surface area contributed by atoms with E-state index in [0.29, 0.717) is 0 Å². The van der Waals surface area contributed by atoms with Gasteiger partial charge in [0, 0.05) is 5.69 Å². The van der Waals surface area contributed by atoms with Gasteiger partial charge in [0.05, 0.1) is 11.8 Å². The Labute approximate surface area is 58.6 Å². The second-order valence-corrected chi connectivity index (χ2v) is 1.95. The molecule has 0 radical (unpaired) electrons. The molecule has 0 amide bonds. The molecule has 1 N–H and O–H groups in total. The largest absolute Gasteiger partial charge is 0.505 e. The lowest BCUT2D eigenvalue weighted by atomic mass is 10.2. The van der Waals surface area contributed by atoms with Crippen molar-refractivity contribution < 1.29 is 5.11 Å². The highest BCUT2D eigenvalue weighted by Gasteiger charge is 1.98. The fraction of sp³-hybridized carbons (Fsp3) is 0.143. The summed E-state index contributed by atoms with van der Waals surface area (Å²) < 4.78 is 0. The van der Waals surface area contributed by atoms with E-state index in [1.54, 1.807) is 6.92 Å². The Bertz CT molecular complexity index is 288. The number of aromatic nitrogens is 1. The Morgan fingerprint density at radius 2 is 2.40 bits per heavy atom. The van der Waals surface area contributed by atoms with Gasteiger partial charge < -0.3 is 5.11 Å². The number of hydrogen-bond acceptors (Lipinski definition) is 3. The minimum atomic E-state index is -0.0619. The minimum absolute atomic E-state index is 0.0619. The van der Waals surface area contributed by atoms with Crippen molar-refractivity contribution in [3.63, 3.8) is 0 Å². The van der Waals surface area contributed by atoms with Gasteiger partial charge in [-0.15, -0.1) is 0 Å². The van der Waals surface area contributed by atoms with E-state index >= 15 is 0 Å². The predicted octanol–water partition coefficient (Wildman–Crippen LogP) is 0.967. The number of pyridine rings is 1. The summed E-state index contributed by atoms with van der Waals surface area (Å²) in [5, 5.41) is 17.4. The fourth-order valence-corrected chi connectivity index (χ4v) is 0.642. The van der Waals surface area contributed by atoms with Crippen LogP contribution in [-0.2, 0) is 0 Å². The van der Waals surface area contributed by atoms with E-state index < -0.39 is 0 Å².